The second-order valence-corrected chi connectivity index (χ2v) is 9.21. The topological polar surface area (TPSA) is 91.7 Å². The van der Waals surface area contributed by atoms with Gasteiger partial charge in [0.25, 0.3) is 0 Å². The van der Waals surface area contributed by atoms with Gasteiger partial charge >= 0.3 is 0 Å². The van der Waals surface area contributed by atoms with Gasteiger partial charge in [0, 0.05) is 12.6 Å². The molecule has 0 aliphatic rings. The maximum Gasteiger partial charge on any atom is 0.244 e. The smallest absolute Gasteiger partial charge is 0.244 e. The number of carbonyl (C=O) groups excluding carboxylic acids is 1. The van der Waals surface area contributed by atoms with E-state index in [0.717, 1.165) is 11.1 Å². The highest BCUT2D eigenvalue weighted by Gasteiger charge is 2.15. The van der Waals surface area contributed by atoms with Crippen molar-refractivity contribution < 1.29 is 17.6 Å². The highest BCUT2D eigenvalue weighted by molar-refractivity contribution is 7.89. The molecule has 1 unspecified atom stereocenters. The predicted molar refractivity (Wildman–Crippen MR) is 124 cm³/mol. The molecule has 1 amide bonds. The third kappa shape index (κ3) is 6.65. The molecular formula is C24H27N3O4S. The molecular weight excluding hydrogens is 426 g/mol. The number of furan rings is 1. The van der Waals surface area contributed by atoms with E-state index in [1.807, 2.05) is 44.4 Å². The van der Waals surface area contributed by atoms with Crippen molar-refractivity contribution in [2.45, 2.75) is 17.5 Å². The molecule has 3 rings (SSSR count). The van der Waals surface area contributed by atoms with Crippen molar-refractivity contribution in [3.05, 3.63) is 96.0 Å². The molecule has 2 N–H and O–H groups in total. The number of amides is 1. The van der Waals surface area contributed by atoms with E-state index in [4.69, 9.17) is 4.42 Å². The average molecular weight is 454 g/mol. The van der Waals surface area contributed by atoms with Crippen LogP contribution in [0, 0.1) is 0 Å². The van der Waals surface area contributed by atoms with Crippen molar-refractivity contribution in [1.29, 1.82) is 0 Å². The molecule has 0 aliphatic heterocycles. The maximum atomic E-state index is 12.4. The van der Waals surface area contributed by atoms with Crippen molar-refractivity contribution in [3.63, 3.8) is 0 Å². The Kier molecular flexibility index (Phi) is 7.99. The summed E-state index contributed by atoms with van der Waals surface area (Å²) < 4.78 is 32.4. The Hall–Kier alpha value is -3.20. The van der Waals surface area contributed by atoms with Crippen LogP contribution in [0.1, 0.15) is 22.9 Å². The van der Waals surface area contributed by atoms with Crippen LogP contribution in [-0.4, -0.2) is 39.9 Å². The number of nitrogens with zero attached hydrogens (tertiary/aromatic N) is 1. The second kappa shape index (κ2) is 10.9. The van der Waals surface area contributed by atoms with E-state index >= 15 is 0 Å². The summed E-state index contributed by atoms with van der Waals surface area (Å²) >= 11 is 0. The van der Waals surface area contributed by atoms with E-state index in [2.05, 4.69) is 14.9 Å². The first-order chi connectivity index (χ1) is 15.3. The molecule has 0 saturated carbocycles. The maximum absolute atomic E-state index is 12.4. The molecule has 1 heterocycles. The minimum atomic E-state index is -3.66. The SMILES string of the molecule is CN(C)C(CNC(=O)/C=C/c1ccc(S(=O)(=O)NCc2ccco2)cc1)c1ccccc1. The first kappa shape index (κ1) is 23.5. The van der Waals surface area contributed by atoms with Gasteiger partial charge in [-0.25, -0.2) is 13.1 Å². The molecule has 0 bridgehead atoms. The van der Waals surface area contributed by atoms with E-state index in [0.29, 0.717) is 12.3 Å². The number of benzene rings is 2. The van der Waals surface area contributed by atoms with Crippen LogP contribution >= 0.6 is 0 Å². The minimum Gasteiger partial charge on any atom is -0.468 e. The summed E-state index contributed by atoms with van der Waals surface area (Å²) in [4.78, 5) is 14.5. The predicted octanol–water partition coefficient (Wildman–Crippen LogP) is 3.19. The Morgan fingerprint density at radius 2 is 1.75 bits per heavy atom. The van der Waals surface area contributed by atoms with Crippen LogP contribution in [0.15, 0.2) is 88.4 Å². The number of hydrogen-bond acceptors (Lipinski definition) is 5. The number of nitrogens with one attached hydrogen (secondary N) is 2. The number of carbonyl (C=O) groups is 1. The van der Waals surface area contributed by atoms with Crippen LogP contribution in [0.5, 0.6) is 0 Å². The molecule has 0 spiro atoms. The van der Waals surface area contributed by atoms with E-state index < -0.39 is 10.0 Å². The van der Waals surface area contributed by atoms with Gasteiger partial charge in [-0.1, -0.05) is 42.5 Å². The molecule has 0 radical (unpaired) electrons. The zero-order valence-electron chi connectivity index (χ0n) is 18.1. The van der Waals surface area contributed by atoms with Gasteiger partial charge in [0.05, 0.1) is 23.7 Å². The summed E-state index contributed by atoms with van der Waals surface area (Å²) in [6.07, 6.45) is 4.58. The highest BCUT2D eigenvalue weighted by Crippen LogP contribution is 2.17. The third-order valence-electron chi connectivity index (χ3n) is 4.91. The monoisotopic (exact) mass is 453 g/mol. The standard InChI is InChI=1S/C24H27N3O4S/c1-27(2)23(20-7-4-3-5-8-20)18-25-24(28)15-12-19-10-13-22(14-11-19)32(29,30)26-17-21-9-6-16-31-21/h3-16,23,26H,17-18H2,1-2H3,(H,25,28)/b15-12+. The van der Waals surface area contributed by atoms with Gasteiger partial charge in [0.1, 0.15) is 5.76 Å². The lowest BCUT2D eigenvalue weighted by Gasteiger charge is -2.24. The van der Waals surface area contributed by atoms with Crippen molar-refractivity contribution in [2.75, 3.05) is 20.6 Å². The van der Waals surface area contributed by atoms with Gasteiger partial charge in [0.15, 0.2) is 0 Å². The summed E-state index contributed by atoms with van der Waals surface area (Å²) in [6, 6.07) is 19.7. The number of hydrogen-bond donors (Lipinski definition) is 2. The van der Waals surface area contributed by atoms with E-state index in [1.54, 1.807) is 30.3 Å². The van der Waals surface area contributed by atoms with Crippen molar-refractivity contribution >= 4 is 22.0 Å². The second-order valence-electron chi connectivity index (χ2n) is 7.44. The zero-order valence-corrected chi connectivity index (χ0v) is 18.9. The highest BCUT2D eigenvalue weighted by atomic mass is 32.2. The Labute approximate surface area is 188 Å². The summed E-state index contributed by atoms with van der Waals surface area (Å²) in [5, 5.41) is 2.92. The number of sulfonamides is 1. The van der Waals surface area contributed by atoms with Crippen molar-refractivity contribution in [2.24, 2.45) is 0 Å². The van der Waals surface area contributed by atoms with Gasteiger partial charge < -0.3 is 14.6 Å². The first-order valence-corrected chi connectivity index (χ1v) is 11.6. The van der Waals surface area contributed by atoms with Gasteiger partial charge in [-0.05, 0) is 55.6 Å². The van der Waals surface area contributed by atoms with E-state index in [9.17, 15) is 13.2 Å². The lowest BCUT2D eigenvalue weighted by molar-refractivity contribution is -0.116. The first-order valence-electron chi connectivity index (χ1n) is 10.1. The summed E-state index contributed by atoms with van der Waals surface area (Å²) in [5.74, 6) is 0.313. The van der Waals surface area contributed by atoms with Crippen LogP contribution in [0.3, 0.4) is 0 Å². The Morgan fingerprint density at radius 3 is 2.38 bits per heavy atom. The summed E-state index contributed by atoms with van der Waals surface area (Å²) in [7, 11) is 0.287. The molecule has 2 aromatic carbocycles. The van der Waals surface area contributed by atoms with Crippen molar-refractivity contribution in [1.82, 2.24) is 14.9 Å². The van der Waals surface area contributed by atoms with Gasteiger partial charge in [-0.2, -0.15) is 0 Å². The quantitative estimate of drug-likeness (QED) is 0.460. The molecule has 1 atom stereocenters. The van der Waals surface area contributed by atoms with E-state index in [-0.39, 0.29) is 23.4 Å². The van der Waals surface area contributed by atoms with Crippen LogP contribution < -0.4 is 10.0 Å². The normalized spacial score (nSPS) is 12.8. The van der Waals surface area contributed by atoms with Crippen LogP contribution in [0.2, 0.25) is 0 Å². The molecule has 0 aliphatic carbocycles. The van der Waals surface area contributed by atoms with Crippen LogP contribution in [0.4, 0.5) is 0 Å². The molecule has 0 saturated heterocycles. The minimum absolute atomic E-state index is 0.0618. The Balaban J connectivity index is 1.55. The molecule has 32 heavy (non-hydrogen) atoms. The molecule has 1 aromatic heterocycles. The van der Waals surface area contributed by atoms with Gasteiger partial charge in [-0.15, -0.1) is 0 Å². The van der Waals surface area contributed by atoms with Gasteiger partial charge in [-0.3, -0.25) is 4.79 Å². The Morgan fingerprint density at radius 1 is 1.03 bits per heavy atom. The summed E-state index contributed by atoms with van der Waals surface area (Å²) in [5.41, 5.74) is 1.84. The number of likely N-dealkylation sites (N-methyl/N-ethyl adjacent to an activating group) is 1. The lowest BCUT2D eigenvalue weighted by Crippen LogP contribution is -2.33. The van der Waals surface area contributed by atoms with Crippen LogP contribution in [-0.2, 0) is 21.4 Å². The average Bonchev–Trinajstić information content (AvgIpc) is 3.31. The largest absolute Gasteiger partial charge is 0.468 e. The fourth-order valence-electron chi connectivity index (χ4n) is 3.12. The number of rotatable bonds is 10. The van der Waals surface area contributed by atoms with Crippen LogP contribution in [0.25, 0.3) is 6.08 Å². The van der Waals surface area contributed by atoms with E-state index in [1.165, 1.54) is 24.5 Å². The molecule has 7 nitrogen and oxygen atoms in total. The molecule has 3 aromatic rings. The van der Waals surface area contributed by atoms with Gasteiger partial charge in [0.2, 0.25) is 15.9 Å². The molecule has 8 heteroatoms. The van der Waals surface area contributed by atoms with Crippen molar-refractivity contribution in [3.8, 4) is 0 Å². The fourth-order valence-corrected chi connectivity index (χ4v) is 4.12. The molecule has 168 valence electrons. The lowest BCUT2D eigenvalue weighted by atomic mass is 10.1. The zero-order chi connectivity index (χ0) is 23.0. The summed E-state index contributed by atoms with van der Waals surface area (Å²) in [6.45, 7) is 0.548. The molecule has 0 fully saturated rings. The Bertz CT molecular complexity index is 1120. The fraction of sp³-hybridized carbons (Fsp3) is 0.208. The third-order valence-corrected chi connectivity index (χ3v) is 6.33.